The van der Waals surface area contributed by atoms with E-state index in [4.69, 9.17) is 0 Å². The molecule has 20 heavy (non-hydrogen) atoms. The first-order valence-corrected chi connectivity index (χ1v) is 7.74. The third kappa shape index (κ3) is 2.73. The molecule has 0 aromatic heterocycles. The second kappa shape index (κ2) is 5.57. The normalized spacial score (nSPS) is 24.1. The van der Waals surface area contributed by atoms with Crippen molar-refractivity contribution in [3.05, 3.63) is 35.4 Å². The lowest BCUT2D eigenvalue weighted by molar-refractivity contribution is -0.123. The monoisotopic (exact) mass is 272 g/mol. The summed E-state index contributed by atoms with van der Waals surface area (Å²) >= 11 is 0. The lowest BCUT2D eigenvalue weighted by Gasteiger charge is -2.28. The molecule has 0 radical (unpaired) electrons. The van der Waals surface area contributed by atoms with Gasteiger partial charge in [-0.25, -0.2) is 0 Å². The van der Waals surface area contributed by atoms with Crippen molar-refractivity contribution >= 4 is 5.91 Å². The molecule has 108 valence electrons. The maximum Gasteiger partial charge on any atom is 0.228 e. The van der Waals surface area contributed by atoms with Crippen molar-refractivity contribution in [2.24, 2.45) is 5.41 Å². The zero-order chi connectivity index (χ0) is 14.0. The Bertz CT molecular complexity index is 492. The zero-order valence-electron chi connectivity index (χ0n) is 12.2. The van der Waals surface area contributed by atoms with E-state index < -0.39 is 0 Å². The van der Waals surface area contributed by atoms with Gasteiger partial charge >= 0.3 is 0 Å². The number of fused-ring (bicyclic) bond motifs is 1. The molecule has 1 amide bonds. The summed E-state index contributed by atoms with van der Waals surface area (Å²) in [6.45, 7) is 4.75. The van der Waals surface area contributed by atoms with Gasteiger partial charge in [0.2, 0.25) is 5.91 Å². The number of benzene rings is 1. The average molecular weight is 272 g/mol. The lowest BCUT2D eigenvalue weighted by atomic mass is 9.87. The van der Waals surface area contributed by atoms with Gasteiger partial charge in [-0.3, -0.25) is 4.79 Å². The second-order valence-electron chi connectivity index (χ2n) is 6.62. The molecule has 1 aromatic rings. The van der Waals surface area contributed by atoms with Gasteiger partial charge in [0.15, 0.2) is 0 Å². The van der Waals surface area contributed by atoms with Crippen molar-refractivity contribution in [2.45, 2.75) is 45.1 Å². The Labute approximate surface area is 121 Å². The quantitative estimate of drug-likeness (QED) is 0.888. The maximum atomic E-state index is 12.5. The van der Waals surface area contributed by atoms with Gasteiger partial charge in [0.25, 0.3) is 0 Å². The van der Waals surface area contributed by atoms with Crippen molar-refractivity contribution in [1.82, 2.24) is 10.6 Å². The fourth-order valence-corrected chi connectivity index (χ4v) is 3.56. The standard InChI is InChI=1S/C17H24N2O/c1-17(8-4-5-9-17)12-19-16(20)15-11-18-10-13-6-2-3-7-14(13)15/h2-3,6-7,15,18H,4-5,8-12H2,1H3,(H,19,20). The Balaban J connectivity index is 1.66. The lowest BCUT2D eigenvalue weighted by Crippen LogP contribution is -2.42. The molecular formula is C17H24N2O. The van der Waals surface area contributed by atoms with Gasteiger partial charge in [-0.15, -0.1) is 0 Å². The summed E-state index contributed by atoms with van der Waals surface area (Å²) in [4.78, 5) is 12.5. The van der Waals surface area contributed by atoms with E-state index in [0.29, 0.717) is 5.41 Å². The van der Waals surface area contributed by atoms with Gasteiger partial charge in [-0.05, 0) is 29.4 Å². The highest BCUT2D eigenvalue weighted by Gasteiger charge is 2.31. The van der Waals surface area contributed by atoms with Crippen molar-refractivity contribution in [2.75, 3.05) is 13.1 Å². The van der Waals surface area contributed by atoms with Crippen LogP contribution in [-0.2, 0) is 11.3 Å². The smallest absolute Gasteiger partial charge is 0.228 e. The van der Waals surface area contributed by atoms with E-state index >= 15 is 0 Å². The molecule has 1 atom stereocenters. The van der Waals surface area contributed by atoms with Crippen LogP contribution in [0.1, 0.15) is 49.7 Å². The average Bonchev–Trinajstić information content (AvgIpc) is 2.91. The Morgan fingerprint density at radius 1 is 1.35 bits per heavy atom. The summed E-state index contributed by atoms with van der Waals surface area (Å²) in [5.74, 6) is 0.141. The molecule has 1 unspecified atom stereocenters. The first-order valence-electron chi connectivity index (χ1n) is 7.74. The van der Waals surface area contributed by atoms with Gasteiger partial charge in [0.05, 0.1) is 5.92 Å². The van der Waals surface area contributed by atoms with Crippen LogP contribution in [-0.4, -0.2) is 19.0 Å². The first kappa shape index (κ1) is 13.6. The van der Waals surface area contributed by atoms with E-state index in [1.807, 2.05) is 12.1 Å². The molecule has 2 N–H and O–H groups in total. The van der Waals surface area contributed by atoms with E-state index in [1.165, 1.54) is 36.8 Å². The molecule has 1 heterocycles. The molecule has 0 saturated heterocycles. The fraction of sp³-hybridized carbons (Fsp3) is 0.588. The third-order valence-electron chi connectivity index (χ3n) is 4.91. The Morgan fingerprint density at radius 2 is 2.10 bits per heavy atom. The van der Waals surface area contributed by atoms with Gasteiger partial charge in [0.1, 0.15) is 0 Å². The SMILES string of the molecule is CC1(CNC(=O)C2CNCc3ccccc32)CCCC1. The summed E-state index contributed by atoms with van der Waals surface area (Å²) in [5, 5.41) is 6.55. The fourth-order valence-electron chi connectivity index (χ4n) is 3.56. The predicted octanol–water partition coefficient (Wildman–Crippen LogP) is 2.57. The minimum absolute atomic E-state index is 0.0371. The van der Waals surface area contributed by atoms with Gasteiger partial charge in [-0.2, -0.15) is 0 Å². The molecule has 1 aliphatic carbocycles. The highest BCUT2D eigenvalue weighted by molar-refractivity contribution is 5.84. The molecule has 0 spiro atoms. The Hall–Kier alpha value is -1.35. The Morgan fingerprint density at radius 3 is 2.90 bits per heavy atom. The Kier molecular flexibility index (Phi) is 3.79. The van der Waals surface area contributed by atoms with E-state index in [0.717, 1.165) is 19.6 Å². The van der Waals surface area contributed by atoms with Gasteiger partial charge in [-0.1, -0.05) is 44.0 Å². The highest BCUT2D eigenvalue weighted by Crippen LogP contribution is 2.36. The van der Waals surface area contributed by atoms with E-state index in [1.54, 1.807) is 0 Å². The topological polar surface area (TPSA) is 41.1 Å². The van der Waals surface area contributed by atoms with Crippen LogP contribution >= 0.6 is 0 Å². The summed E-state index contributed by atoms with van der Waals surface area (Å²) in [6.07, 6.45) is 5.10. The largest absolute Gasteiger partial charge is 0.355 e. The highest BCUT2D eigenvalue weighted by atomic mass is 16.1. The molecule has 2 aliphatic rings. The van der Waals surface area contributed by atoms with Crippen molar-refractivity contribution in [3.63, 3.8) is 0 Å². The molecule has 0 bridgehead atoms. The number of carbonyl (C=O) groups is 1. The van der Waals surface area contributed by atoms with Gasteiger partial charge in [0, 0.05) is 19.6 Å². The molecule has 1 saturated carbocycles. The second-order valence-corrected chi connectivity index (χ2v) is 6.62. The van der Waals surface area contributed by atoms with Crippen LogP contribution in [0.3, 0.4) is 0 Å². The minimum atomic E-state index is -0.0371. The first-order chi connectivity index (χ1) is 9.68. The number of hydrogen-bond donors (Lipinski definition) is 2. The van der Waals surface area contributed by atoms with Crippen LogP contribution in [0.25, 0.3) is 0 Å². The van der Waals surface area contributed by atoms with E-state index in [9.17, 15) is 4.79 Å². The number of rotatable bonds is 3. The molecule has 3 rings (SSSR count). The number of amides is 1. The number of carbonyl (C=O) groups excluding carboxylic acids is 1. The molecule has 3 heteroatoms. The maximum absolute atomic E-state index is 12.5. The van der Waals surface area contributed by atoms with Crippen LogP contribution in [0, 0.1) is 5.41 Å². The molecule has 1 aliphatic heterocycles. The van der Waals surface area contributed by atoms with Crippen LogP contribution in [0.4, 0.5) is 0 Å². The summed E-state index contributed by atoms with van der Waals surface area (Å²) in [7, 11) is 0. The van der Waals surface area contributed by atoms with Crippen molar-refractivity contribution < 1.29 is 4.79 Å². The van der Waals surface area contributed by atoms with Crippen LogP contribution in [0.15, 0.2) is 24.3 Å². The van der Waals surface area contributed by atoms with Crippen LogP contribution in [0.2, 0.25) is 0 Å². The zero-order valence-corrected chi connectivity index (χ0v) is 12.2. The minimum Gasteiger partial charge on any atom is -0.355 e. The molecule has 3 nitrogen and oxygen atoms in total. The predicted molar refractivity (Wildman–Crippen MR) is 80.5 cm³/mol. The molecule has 1 fully saturated rings. The summed E-state index contributed by atoms with van der Waals surface area (Å²) in [6, 6.07) is 8.28. The van der Waals surface area contributed by atoms with Crippen LogP contribution in [0.5, 0.6) is 0 Å². The molecular weight excluding hydrogens is 248 g/mol. The molecule has 1 aromatic carbocycles. The van der Waals surface area contributed by atoms with Crippen molar-refractivity contribution in [3.8, 4) is 0 Å². The van der Waals surface area contributed by atoms with Crippen molar-refractivity contribution in [1.29, 1.82) is 0 Å². The number of hydrogen-bond acceptors (Lipinski definition) is 2. The van der Waals surface area contributed by atoms with Crippen LogP contribution < -0.4 is 10.6 Å². The summed E-state index contributed by atoms with van der Waals surface area (Å²) < 4.78 is 0. The van der Waals surface area contributed by atoms with Gasteiger partial charge < -0.3 is 10.6 Å². The van der Waals surface area contributed by atoms with E-state index in [-0.39, 0.29) is 11.8 Å². The third-order valence-corrected chi connectivity index (χ3v) is 4.91. The number of nitrogens with one attached hydrogen (secondary N) is 2. The summed E-state index contributed by atoms with van der Waals surface area (Å²) in [5.41, 5.74) is 2.77. The van der Waals surface area contributed by atoms with E-state index in [2.05, 4.69) is 29.7 Å².